The van der Waals surface area contributed by atoms with Crippen molar-refractivity contribution in [3.8, 4) is 0 Å². The number of nitrogens with two attached hydrogens (primary N) is 1. The van der Waals surface area contributed by atoms with Crippen molar-refractivity contribution in [2.24, 2.45) is 7.05 Å². The van der Waals surface area contributed by atoms with Gasteiger partial charge in [-0.3, -0.25) is 23.6 Å². The number of likely N-dealkylation sites (N-methyl/N-ethyl adjacent to an activating group) is 1. The molecule has 0 bridgehead atoms. The van der Waals surface area contributed by atoms with Gasteiger partial charge in [-0.2, -0.15) is 0 Å². The van der Waals surface area contributed by atoms with Crippen LogP contribution in [0.2, 0.25) is 0 Å². The van der Waals surface area contributed by atoms with E-state index in [9.17, 15) is 14.4 Å². The molecule has 4 aromatic rings. The van der Waals surface area contributed by atoms with Gasteiger partial charge < -0.3 is 5.73 Å². The summed E-state index contributed by atoms with van der Waals surface area (Å²) in [5, 5.41) is 0. The van der Waals surface area contributed by atoms with Crippen molar-refractivity contribution in [3.05, 3.63) is 134 Å². The van der Waals surface area contributed by atoms with E-state index in [1.165, 1.54) is 11.6 Å². The van der Waals surface area contributed by atoms with Gasteiger partial charge in [-0.1, -0.05) is 91.0 Å². The number of anilines is 1. The first-order chi connectivity index (χ1) is 16.9. The van der Waals surface area contributed by atoms with Crippen LogP contribution < -0.4 is 17.0 Å². The zero-order valence-electron chi connectivity index (χ0n) is 19.8. The minimum Gasteiger partial charge on any atom is -0.384 e. The van der Waals surface area contributed by atoms with Gasteiger partial charge in [-0.05, 0) is 23.7 Å². The van der Waals surface area contributed by atoms with E-state index in [1.807, 2.05) is 103 Å². The molecule has 1 aromatic heterocycles. The Bertz CT molecular complexity index is 1390. The molecule has 0 saturated carbocycles. The molecule has 0 spiro atoms. The molecule has 0 fully saturated rings. The summed E-state index contributed by atoms with van der Waals surface area (Å²) in [4.78, 5) is 41.2. The Labute approximate surface area is 203 Å². The van der Waals surface area contributed by atoms with Crippen molar-refractivity contribution < 1.29 is 4.79 Å². The molecule has 0 aliphatic heterocycles. The largest absolute Gasteiger partial charge is 0.384 e. The molecule has 0 unspecified atom stereocenters. The van der Waals surface area contributed by atoms with E-state index in [1.54, 1.807) is 0 Å². The van der Waals surface area contributed by atoms with Gasteiger partial charge in [0.25, 0.3) is 5.56 Å². The third kappa shape index (κ3) is 5.00. The molecule has 2 N–H and O–H groups in total. The molecular formula is C28H28N4O3. The molecule has 0 amide bonds. The maximum absolute atomic E-state index is 13.5. The predicted molar refractivity (Wildman–Crippen MR) is 138 cm³/mol. The lowest BCUT2D eigenvalue weighted by Gasteiger charge is -2.28. The lowest BCUT2D eigenvalue weighted by Crippen LogP contribution is -2.44. The van der Waals surface area contributed by atoms with E-state index in [4.69, 9.17) is 5.73 Å². The zero-order chi connectivity index (χ0) is 24.9. The number of nitrogen functional groups attached to an aromatic ring is 1. The molecule has 4 rings (SSSR count). The van der Waals surface area contributed by atoms with E-state index in [0.717, 1.165) is 21.3 Å². The Morgan fingerprint density at radius 1 is 0.857 bits per heavy atom. The van der Waals surface area contributed by atoms with Gasteiger partial charge in [-0.15, -0.1) is 0 Å². The van der Waals surface area contributed by atoms with E-state index in [2.05, 4.69) is 0 Å². The standard InChI is InChI=1S/C28H28N4O3/c1-30(25(21-14-8-4-9-15-21)22-16-10-5-11-17-22)19-23(33)24-26(29)32(28(35)31(2)27(24)34)18-20-12-6-3-7-13-20/h3-17,25H,18-19,29H2,1-2H3. The topological polar surface area (TPSA) is 90.3 Å². The van der Waals surface area contributed by atoms with Crippen LogP contribution in [0, 0.1) is 0 Å². The number of ketones is 1. The van der Waals surface area contributed by atoms with E-state index in [-0.39, 0.29) is 30.5 Å². The minimum atomic E-state index is -0.689. The van der Waals surface area contributed by atoms with Crippen molar-refractivity contribution in [1.29, 1.82) is 0 Å². The molecule has 3 aromatic carbocycles. The molecule has 0 radical (unpaired) electrons. The first kappa shape index (κ1) is 23.9. The SMILES string of the molecule is CN(CC(=O)c1c(N)n(Cc2ccccc2)c(=O)n(C)c1=O)C(c1ccccc1)c1ccccc1. The number of benzene rings is 3. The highest BCUT2D eigenvalue weighted by Crippen LogP contribution is 2.27. The van der Waals surface area contributed by atoms with Crippen LogP contribution in [-0.4, -0.2) is 33.4 Å². The summed E-state index contributed by atoms with van der Waals surface area (Å²) >= 11 is 0. The maximum Gasteiger partial charge on any atom is 0.332 e. The summed E-state index contributed by atoms with van der Waals surface area (Å²) in [7, 11) is 3.20. The number of aromatic nitrogens is 2. The molecule has 0 saturated heterocycles. The monoisotopic (exact) mass is 468 g/mol. The fourth-order valence-electron chi connectivity index (χ4n) is 4.33. The molecule has 0 aliphatic carbocycles. The summed E-state index contributed by atoms with van der Waals surface area (Å²) < 4.78 is 2.22. The smallest absolute Gasteiger partial charge is 0.332 e. The van der Waals surface area contributed by atoms with Crippen molar-refractivity contribution >= 4 is 11.6 Å². The Hall–Kier alpha value is -4.23. The number of carbonyl (C=O) groups is 1. The Kier molecular flexibility index (Phi) is 7.08. The van der Waals surface area contributed by atoms with Crippen LogP contribution in [0.4, 0.5) is 5.82 Å². The third-order valence-electron chi connectivity index (χ3n) is 6.11. The highest BCUT2D eigenvalue weighted by Gasteiger charge is 2.26. The highest BCUT2D eigenvalue weighted by molar-refractivity contribution is 6.01. The average Bonchev–Trinajstić information content (AvgIpc) is 2.87. The molecule has 7 heteroatoms. The van der Waals surface area contributed by atoms with Gasteiger partial charge in [0.1, 0.15) is 11.4 Å². The first-order valence-corrected chi connectivity index (χ1v) is 11.3. The van der Waals surface area contributed by atoms with Crippen molar-refractivity contribution in [3.63, 3.8) is 0 Å². The second-order valence-electron chi connectivity index (χ2n) is 8.54. The molecule has 178 valence electrons. The second-order valence-corrected chi connectivity index (χ2v) is 8.54. The van der Waals surface area contributed by atoms with Crippen LogP contribution in [0.15, 0.2) is 101 Å². The number of rotatable bonds is 8. The van der Waals surface area contributed by atoms with Gasteiger partial charge in [0.15, 0.2) is 5.78 Å². The second kappa shape index (κ2) is 10.4. The molecule has 1 heterocycles. The molecule has 35 heavy (non-hydrogen) atoms. The van der Waals surface area contributed by atoms with Crippen molar-refractivity contribution in [2.45, 2.75) is 12.6 Å². The Balaban J connectivity index is 1.71. The number of hydrogen-bond acceptors (Lipinski definition) is 5. The van der Waals surface area contributed by atoms with Crippen molar-refractivity contribution in [2.75, 3.05) is 19.3 Å². The normalized spacial score (nSPS) is 11.2. The molecule has 7 nitrogen and oxygen atoms in total. The number of carbonyl (C=O) groups excluding carboxylic acids is 1. The van der Waals surface area contributed by atoms with Gasteiger partial charge in [-0.25, -0.2) is 4.79 Å². The summed E-state index contributed by atoms with van der Waals surface area (Å²) in [5.74, 6) is -0.555. The zero-order valence-corrected chi connectivity index (χ0v) is 19.8. The lowest BCUT2D eigenvalue weighted by atomic mass is 9.97. The quantitative estimate of drug-likeness (QED) is 0.402. The Morgan fingerprint density at radius 3 is 1.86 bits per heavy atom. The van der Waals surface area contributed by atoms with Gasteiger partial charge >= 0.3 is 5.69 Å². The van der Waals surface area contributed by atoms with Crippen LogP contribution in [0.25, 0.3) is 0 Å². The maximum atomic E-state index is 13.5. The molecule has 0 aliphatic rings. The van der Waals surface area contributed by atoms with E-state index in [0.29, 0.717) is 0 Å². The predicted octanol–water partition coefficient (Wildman–Crippen LogP) is 3.08. The highest BCUT2D eigenvalue weighted by atomic mass is 16.2. The van der Waals surface area contributed by atoms with Gasteiger partial charge in [0, 0.05) is 7.05 Å². The fraction of sp³-hybridized carbons (Fsp3) is 0.179. The van der Waals surface area contributed by atoms with E-state index < -0.39 is 17.0 Å². The molecular weight excluding hydrogens is 440 g/mol. The summed E-state index contributed by atoms with van der Waals surface area (Å²) in [6.07, 6.45) is 0. The van der Waals surface area contributed by atoms with Crippen LogP contribution in [0.5, 0.6) is 0 Å². The van der Waals surface area contributed by atoms with Gasteiger partial charge in [0.2, 0.25) is 0 Å². The first-order valence-electron chi connectivity index (χ1n) is 11.3. The summed E-state index contributed by atoms with van der Waals surface area (Å²) in [5.41, 5.74) is 7.74. The minimum absolute atomic E-state index is 0.0581. The van der Waals surface area contributed by atoms with Crippen LogP contribution in [0.3, 0.4) is 0 Å². The Morgan fingerprint density at radius 2 is 1.34 bits per heavy atom. The van der Waals surface area contributed by atoms with Gasteiger partial charge in [0.05, 0.1) is 19.1 Å². The molecule has 0 atom stereocenters. The number of hydrogen-bond donors (Lipinski definition) is 1. The number of nitrogens with zero attached hydrogens (tertiary/aromatic N) is 3. The van der Waals surface area contributed by atoms with Crippen LogP contribution in [-0.2, 0) is 13.6 Å². The van der Waals surface area contributed by atoms with Crippen LogP contribution >= 0.6 is 0 Å². The fourth-order valence-corrected chi connectivity index (χ4v) is 4.33. The van der Waals surface area contributed by atoms with Crippen LogP contribution in [0.1, 0.15) is 33.1 Å². The summed E-state index contributed by atoms with van der Waals surface area (Å²) in [6.45, 7) is 0.101. The average molecular weight is 469 g/mol. The summed E-state index contributed by atoms with van der Waals surface area (Å²) in [6, 6.07) is 28.8. The number of Topliss-reactive ketones (excluding diaryl/α,β-unsaturated/α-hetero) is 1. The lowest BCUT2D eigenvalue weighted by molar-refractivity contribution is 0.0928. The van der Waals surface area contributed by atoms with E-state index >= 15 is 0 Å². The third-order valence-corrected chi connectivity index (χ3v) is 6.11. The van der Waals surface area contributed by atoms with Crippen molar-refractivity contribution in [1.82, 2.24) is 14.0 Å².